The van der Waals surface area contributed by atoms with E-state index < -0.39 is 5.97 Å². The molecule has 2 aromatic carbocycles. The summed E-state index contributed by atoms with van der Waals surface area (Å²) in [5.74, 6) is -1.54. The van der Waals surface area contributed by atoms with Gasteiger partial charge in [-0.15, -0.1) is 0 Å². The fraction of sp³-hybridized carbons (Fsp3) is 0. The molecule has 0 amide bonds. The smallest absolute Gasteiger partial charge is 0.339 e. The number of nitrogens with zero attached hydrogens (tertiary/aromatic N) is 1. The number of hydrogen-bond donors (Lipinski definition) is 2. The number of carbonyl (C=O) groups is 1. The topological polar surface area (TPSA) is 69.9 Å². The van der Waals surface area contributed by atoms with E-state index in [0.717, 1.165) is 0 Å². The maximum atomic E-state index is 10.9. The van der Waals surface area contributed by atoms with Crippen LogP contribution in [0.25, 0.3) is 0 Å². The lowest BCUT2D eigenvalue weighted by atomic mass is 10.2. The summed E-state index contributed by atoms with van der Waals surface area (Å²) in [6.07, 6.45) is 1.45. The van der Waals surface area contributed by atoms with Gasteiger partial charge in [0.1, 0.15) is 11.3 Å². The molecule has 102 valence electrons. The van der Waals surface area contributed by atoms with Crippen molar-refractivity contribution in [3.8, 4) is 5.75 Å². The number of carboxylic acid groups (broad SMARTS) is 1. The quantitative estimate of drug-likeness (QED) is 0.837. The number of halogens is 2. The third-order valence-electron chi connectivity index (χ3n) is 2.55. The maximum Gasteiger partial charge on any atom is 0.339 e. The molecular formula is C14H9Cl2NO3. The van der Waals surface area contributed by atoms with Crippen LogP contribution in [0.4, 0.5) is 5.69 Å². The van der Waals surface area contributed by atoms with Gasteiger partial charge in [-0.2, -0.15) is 0 Å². The van der Waals surface area contributed by atoms with E-state index in [4.69, 9.17) is 28.3 Å². The van der Waals surface area contributed by atoms with Gasteiger partial charge in [0.15, 0.2) is 0 Å². The van der Waals surface area contributed by atoms with Crippen LogP contribution in [0.2, 0.25) is 10.0 Å². The molecule has 6 heteroatoms. The highest BCUT2D eigenvalue weighted by atomic mass is 35.5. The number of aromatic hydroxyl groups is 1. The highest BCUT2D eigenvalue weighted by molar-refractivity contribution is 6.38. The molecule has 0 heterocycles. The Morgan fingerprint density at radius 1 is 1.15 bits per heavy atom. The predicted molar refractivity (Wildman–Crippen MR) is 78.8 cm³/mol. The molecule has 0 saturated heterocycles. The van der Waals surface area contributed by atoms with E-state index in [9.17, 15) is 9.90 Å². The summed E-state index contributed by atoms with van der Waals surface area (Å²) in [5.41, 5.74) is 0.696. The monoisotopic (exact) mass is 309 g/mol. The van der Waals surface area contributed by atoms with Crippen molar-refractivity contribution >= 4 is 41.1 Å². The van der Waals surface area contributed by atoms with Crippen LogP contribution < -0.4 is 0 Å². The Morgan fingerprint density at radius 2 is 1.80 bits per heavy atom. The van der Waals surface area contributed by atoms with Crippen molar-refractivity contribution in [1.82, 2.24) is 0 Å². The molecule has 0 aromatic heterocycles. The highest BCUT2D eigenvalue weighted by Gasteiger charge is 2.09. The molecule has 2 N–H and O–H groups in total. The Morgan fingerprint density at radius 3 is 2.40 bits per heavy atom. The van der Waals surface area contributed by atoms with E-state index in [-0.39, 0.29) is 11.3 Å². The van der Waals surface area contributed by atoms with Crippen molar-refractivity contribution in [2.24, 2.45) is 4.99 Å². The molecule has 0 fully saturated rings. The van der Waals surface area contributed by atoms with E-state index in [1.807, 2.05) is 0 Å². The van der Waals surface area contributed by atoms with Crippen LogP contribution >= 0.6 is 23.2 Å². The second kappa shape index (κ2) is 5.94. The van der Waals surface area contributed by atoms with Crippen LogP contribution in [-0.2, 0) is 0 Å². The Bertz CT molecular complexity index is 679. The van der Waals surface area contributed by atoms with Gasteiger partial charge < -0.3 is 10.2 Å². The first-order valence-electron chi connectivity index (χ1n) is 5.53. The molecule has 0 saturated carbocycles. The predicted octanol–water partition coefficient (Wildman–Crippen LogP) is 4.15. The van der Waals surface area contributed by atoms with E-state index in [1.54, 1.807) is 18.2 Å². The lowest BCUT2D eigenvalue weighted by molar-refractivity contribution is 0.0694. The first kappa shape index (κ1) is 14.4. The fourth-order valence-electron chi connectivity index (χ4n) is 1.55. The number of hydrogen-bond acceptors (Lipinski definition) is 3. The van der Waals surface area contributed by atoms with Gasteiger partial charge >= 0.3 is 5.97 Å². The van der Waals surface area contributed by atoms with E-state index in [1.165, 1.54) is 24.4 Å². The zero-order valence-corrected chi connectivity index (χ0v) is 11.6. The Hall–Kier alpha value is -2.04. The number of rotatable bonds is 3. The zero-order valence-electron chi connectivity index (χ0n) is 10.0. The number of aliphatic imine (C=N–C) groups is 1. The molecule has 0 atom stereocenters. The van der Waals surface area contributed by atoms with Crippen molar-refractivity contribution < 1.29 is 15.0 Å². The van der Waals surface area contributed by atoms with Crippen LogP contribution in [0, 0.1) is 0 Å². The first-order chi connectivity index (χ1) is 9.49. The minimum absolute atomic E-state index is 0.218. The summed E-state index contributed by atoms with van der Waals surface area (Å²) < 4.78 is 0. The second-order valence-corrected chi connectivity index (χ2v) is 4.71. The number of carboxylic acids is 1. The average molecular weight is 310 g/mol. The summed E-state index contributed by atoms with van der Waals surface area (Å²) in [5, 5.41) is 19.2. The lowest BCUT2D eigenvalue weighted by Crippen LogP contribution is -1.96. The summed E-state index contributed by atoms with van der Waals surface area (Å²) in [4.78, 5) is 15.0. The summed E-state index contributed by atoms with van der Waals surface area (Å²) in [6.45, 7) is 0. The average Bonchev–Trinajstić information content (AvgIpc) is 2.39. The molecule has 0 aliphatic heterocycles. The Labute approximate surface area is 124 Å². The number of phenols is 1. The number of aromatic carboxylic acids is 1. The van der Waals surface area contributed by atoms with Crippen molar-refractivity contribution in [2.75, 3.05) is 0 Å². The highest BCUT2D eigenvalue weighted by Crippen LogP contribution is 2.25. The molecule has 0 bridgehead atoms. The SMILES string of the molecule is O=C(O)c1cc(N=Cc2c(Cl)cccc2Cl)ccc1O. The van der Waals surface area contributed by atoms with Gasteiger partial charge in [-0.25, -0.2) is 4.79 Å². The standard InChI is InChI=1S/C14H9Cl2NO3/c15-11-2-1-3-12(16)10(11)7-17-8-4-5-13(18)9(6-8)14(19)20/h1-7,18H,(H,19,20). The van der Waals surface area contributed by atoms with Crippen molar-refractivity contribution in [2.45, 2.75) is 0 Å². The van der Waals surface area contributed by atoms with Gasteiger partial charge in [0.25, 0.3) is 0 Å². The van der Waals surface area contributed by atoms with Crippen LogP contribution in [0.1, 0.15) is 15.9 Å². The van der Waals surface area contributed by atoms with Gasteiger partial charge in [0.2, 0.25) is 0 Å². The van der Waals surface area contributed by atoms with E-state index in [2.05, 4.69) is 4.99 Å². The molecule has 2 aromatic rings. The van der Waals surface area contributed by atoms with E-state index >= 15 is 0 Å². The normalized spacial score (nSPS) is 10.9. The first-order valence-corrected chi connectivity index (χ1v) is 6.29. The Kier molecular flexibility index (Phi) is 4.27. The molecule has 20 heavy (non-hydrogen) atoms. The maximum absolute atomic E-state index is 10.9. The van der Waals surface area contributed by atoms with Crippen molar-refractivity contribution in [3.05, 3.63) is 57.6 Å². The zero-order chi connectivity index (χ0) is 14.7. The molecule has 0 aliphatic carbocycles. The minimum atomic E-state index is -1.23. The van der Waals surface area contributed by atoms with Gasteiger partial charge in [-0.3, -0.25) is 4.99 Å². The van der Waals surface area contributed by atoms with Crippen LogP contribution in [0.3, 0.4) is 0 Å². The molecule has 4 nitrogen and oxygen atoms in total. The lowest BCUT2D eigenvalue weighted by Gasteiger charge is -2.02. The molecule has 0 unspecified atom stereocenters. The Balaban J connectivity index is 2.37. The third kappa shape index (κ3) is 3.10. The van der Waals surface area contributed by atoms with Crippen LogP contribution in [-0.4, -0.2) is 22.4 Å². The van der Waals surface area contributed by atoms with Gasteiger partial charge in [-0.05, 0) is 30.3 Å². The largest absolute Gasteiger partial charge is 0.507 e. The van der Waals surface area contributed by atoms with Crippen LogP contribution in [0.5, 0.6) is 5.75 Å². The molecule has 2 rings (SSSR count). The molecule has 0 spiro atoms. The van der Waals surface area contributed by atoms with Gasteiger partial charge in [-0.1, -0.05) is 29.3 Å². The van der Waals surface area contributed by atoms with Gasteiger partial charge in [0.05, 0.1) is 15.7 Å². The van der Waals surface area contributed by atoms with Crippen molar-refractivity contribution in [3.63, 3.8) is 0 Å². The molecule has 0 aliphatic rings. The van der Waals surface area contributed by atoms with Gasteiger partial charge in [0, 0.05) is 11.8 Å². The summed E-state index contributed by atoms with van der Waals surface area (Å²) >= 11 is 12.0. The van der Waals surface area contributed by atoms with Crippen molar-refractivity contribution in [1.29, 1.82) is 0 Å². The molecular weight excluding hydrogens is 301 g/mol. The molecule has 0 radical (unpaired) electrons. The van der Waals surface area contributed by atoms with Crippen LogP contribution in [0.15, 0.2) is 41.4 Å². The summed E-state index contributed by atoms with van der Waals surface area (Å²) in [7, 11) is 0. The van der Waals surface area contributed by atoms with E-state index in [0.29, 0.717) is 21.3 Å². The summed E-state index contributed by atoms with van der Waals surface area (Å²) in [6, 6.07) is 9.08. The fourth-order valence-corrected chi connectivity index (χ4v) is 2.04. The number of benzene rings is 2. The minimum Gasteiger partial charge on any atom is -0.507 e. The second-order valence-electron chi connectivity index (χ2n) is 3.90. The third-order valence-corrected chi connectivity index (χ3v) is 3.21.